The van der Waals surface area contributed by atoms with E-state index in [1.54, 1.807) is 6.20 Å². The van der Waals surface area contributed by atoms with E-state index in [1.165, 1.54) is 18.6 Å². The fourth-order valence-corrected chi connectivity index (χ4v) is 3.09. The van der Waals surface area contributed by atoms with Crippen LogP contribution >= 0.6 is 11.8 Å². The van der Waals surface area contributed by atoms with Crippen LogP contribution in [0.3, 0.4) is 0 Å². The Kier molecular flexibility index (Phi) is 4.54. The number of pyridine rings is 1. The molecule has 94 valence electrons. The number of hydrogen-bond donors (Lipinski definition) is 1. The largest absolute Gasteiger partial charge is 0.487 e. The van der Waals surface area contributed by atoms with Crippen LogP contribution < -0.4 is 10.1 Å². The minimum atomic E-state index is 0.181. The Labute approximate surface area is 107 Å². The molecule has 0 saturated carbocycles. The normalized spacial score (nSPS) is 19.6. The molecule has 0 aliphatic carbocycles. The van der Waals surface area contributed by atoms with Crippen molar-refractivity contribution in [2.45, 2.75) is 38.0 Å². The summed E-state index contributed by atoms with van der Waals surface area (Å²) in [5.74, 6) is 3.02. The van der Waals surface area contributed by atoms with Crippen LogP contribution in [0.4, 0.5) is 5.82 Å². The maximum atomic E-state index is 5.73. The van der Waals surface area contributed by atoms with Crippen molar-refractivity contribution in [3.8, 4) is 5.75 Å². The van der Waals surface area contributed by atoms with Crippen molar-refractivity contribution in [1.82, 2.24) is 4.98 Å². The highest BCUT2D eigenvalue weighted by atomic mass is 32.2. The average molecular weight is 252 g/mol. The van der Waals surface area contributed by atoms with E-state index in [9.17, 15) is 0 Å². The fourth-order valence-electron chi connectivity index (χ4n) is 1.89. The van der Waals surface area contributed by atoms with Crippen LogP contribution in [0, 0.1) is 0 Å². The number of hydrogen-bond acceptors (Lipinski definition) is 4. The first kappa shape index (κ1) is 12.6. The molecule has 1 aliphatic heterocycles. The lowest BCUT2D eigenvalue weighted by Crippen LogP contribution is -2.16. The van der Waals surface area contributed by atoms with Crippen molar-refractivity contribution in [2.24, 2.45) is 0 Å². The lowest BCUT2D eigenvalue weighted by atomic mass is 10.2. The van der Waals surface area contributed by atoms with E-state index in [2.05, 4.69) is 22.1 Å². The Morgan fingerprint density at radius 2 is 2.47 bits per heavy atom. The van der Waals surface area contributed by atoms with Gasteiger partial charge in [-0.25, -0.2) is 4.98 Å². The van der Waals surface area contributed by atoms with Gasteiger partial charge in [-0.15, -0.1) is 0 Å². The second kappa shape index (κ2) is 6.15. The first-order chi connectivity index (χ1) is 8.25. The van der Waals surface area contributed by atoms with Gasteiger partial charge in [0.05, 0.1) is 6.10 Å². The van der Waals surface area contributed by atoms with Crippen LogP contribution in [-0.2, 0) is 0 Å². The zero-order chi connectivity index (χ0) is 12.1. The van der Waals surface area contributed by atoms with Gasteiger partial charge in [0.2, 0.25) is 0 Å². The van der Waals surface area contributed by atoms with E-state index < -0.39 is 0 Å². The number of nitrogens with one attached hydrogen (secondary N) is 1. The van der Waals surface area contributed by atoms with E-state index in [-0.39, 0.29) is 6.10 Å². The molecule has 0 aromatic carbocycles. The smallest absolute Gasteiger partial charge is 0.168 e. The number of thioether (sulfide) groups is 1. The highest BCUT2D eigenvalue weighted by Crippen LogP contribution is 2.28. The number of aromatic nitrogens is 1. The van der Waals surface area contributed by atoms with Crippen LogP contribution in [0.15, 0.2) is 18.3 Å². The fraction of sp³-hybridized carbons (Fsp3) is 0.615. The molecule has 1 saturated heterocycles. The number of rotatable bonds is 5. The zero-order valence-electron chi connectivity index (χ0n) is 10.5. The molecule has 0 amide bonds. The van der Waals surface area contributed by atoms with E-state index in [0.29, 0.717) is 0 Å². The van der Waals surface area contributed by atoms with Gasteiger partial charge in [-0.2, -0.15) is 11.8 Å². The molecule has 1 unspecified atom stereocenters. The Hall–Kier alpha value is -0.900. The number of nitrogens with zero attached hydrogens (tertiary/aromatic N) is 1. The van der Waals surface area contributed by atoms with Gasteiger partial charge < -0.3 is 10.1 Å². The second-order valence-corrected chi connectivity index (χ2v) is 5.94. The lowest BCUT2D eigenvalue weighted by Gasteiger charge is -2.16. The van der Waals surface area contributed by atoms with Gasteiger partial charge in [0.25, 0.3) is 0 Å². The predicted molar refractivity (Wildman–Crippen MR) is 74.0 cm³/mol. The third-order valence-corrected chi connectivity index (χ3v) is 4.05. The third kappa shape index (κ3) is 3.80. The minimum Gasteiger partial charge on any atom is -0.487 e. The van der Waals surface area contributed by atoms with E-state index >= 15 is 0 Å². The summed E-state index contributed by atoms with van der Waals surface area (Å²) >= 11 is 2.05. The minimum absolute atomic E-state index is 0.181. The molecule has 3 nitrogen and oxygen atoms in total. The average Bonchev–Trinajstić information content (AvgIpc) is 2.80. The lowest BCUT2D eigenvalue weighted by molar-refractivity contribution is 0.243. The highest BCUT2D eigenvalue weighted by molar-refractivity contribution is 8.00. The molecule has 1 N–H and O–H groups in total. The van der Waals surface area contributed by atoms with E-state index in [4.69, 9.17) is 4.74 Å². The monoisotopic (exact) mass is 252 g/mol. The molecule has 1 aromatic rings. The van der Waals surface area contributed by atoms with Crippen LogP contribution in [0.2, 0.25) is 0 Å². The van der Waals surface area contributed by atoms with Crippen molar-refractivity contribution in [3.05, 3.63) is 18.3 Å². The third-order valence-electron chi connectivity index (χ3n) is 2.65. The molecule has 17 heavy (non-hydrogen) atoms. The molecule has 0 bridgehead atoms. The summed E-state index contributed by atoms with van der Waals surface area (Å²) in [6.45, 7) is 5.04. The zero-order valence-corrected chi connectivity index (χ0v) is 11.3. The van der Waals surface area contributed by atoms with Gasteiger partial charge in [0.1, 0.15) is 0 Å². The summed E-state index contributed by atoms with van der Waals surface area (Å²) in [4.78, 5) is 4.35. The SMILES string of the molecule is CC(C)Oc1cccnc1NCC1CCCS1. The molecule has 2 rings (SSSR count). The van der Waals surface area contributed by atoms with Gasteiger partial charge in [-0.3, -0.25) is 0 Å². The Bertz CT molecular complexity index is 351. The van der Waals surface area contributed by atoms with Crippen molar-refractivity contribution in [1.29, 1.82) is 0 Å². The van der Waals surface area contributed by atoms with Crippen LogP contribution in [-0.4, -0.2) is 28.6 Å². The quantitative estimate of drug-likeness (QED) is 0.872. The first-order valence-corrected chi connectivity index (χ1v) is 7.27. The van der Waals surface area contributed by atoms with E-state index in [1.807, 2.05) is 26.0 Å². The molecule has 0 spiro atoms. The van der Waals surface area contributed by atoms with Crippen LogP contribution in [0.5, 0.6) is 5.75 Å². The van der Waals surface area contributed by atoms with Gasteiger partial charge >= 0.3 is 0 Å². The molecule has 1 fully saturated rings. The summed E-state index contributed by atoms with van der Waals surface area (Å²) in [6.07, 6.45) is 4.64. The summed E-state index contributed by atoms with van der Waals surface area (Å²) in [5.41, 5.74) is 0. The van der Waals surface area contributed by atoms with Crippen molar-refractivity contribution in [2.75, 3.05) is 17.6 Å². The molecule has 4 heteroatoms. The Morgan fingerprint density at radius 1 is 1.59 bits per heavy atom. The van der Waals surface area contributed by atoms with Gasteiger partial charge in [0.15, 0.2) is 11.6 Å². The Balaban J connectivity index is 1.94. The molecule has 1 atom stereocenters. The highest BCUT2D eigenvalue weighted by Gasteiger charge is 2.16. The van der Waals surface area contributed by atoms with Crippen molar-refractivity contribution in [3.63, 3.8) is 0 Å². The van der Waals surface area contributed by atoms with E-state index in [0.717, 1.165) is 23.4 Å². The molecule has 1 aliphatic rings. The first-order valence-electron chi connectivity index (χ1n) is 6.23. The topological polar surface area (TPSA) is 34.1 Å². The van der Waals surface area contributed by atoms with Crippen LogP contribution in [0.1, 0.15) is 26.7 Å². The molecular weight excluding hydrogens is 232 g/mol. The second-order valence-electron chi connectivity index (χ2n) is 4.53. The summed E-state index contributed by atoms with van der Waals surface area (Å²) in [6, 6.07) is 3.88. The van der Waals surface area contributed by atoms with Gasteiger partial charge in [-0.05, 0) is 44.6 Å². The Morgan fingerprint density at radius 3 is 3.18 bits per heavy atom. The van der Waals surface area contributed by atoms with Gasteiger partial charge in [-0.1, -0.05) is 0 Å². The standard InChI is InChI=1S/C13H20N2OS/c1-10(2)16-12-6-3-7-14-13(12)15-9-11-5-4-8-17-11/h3,6-7,10-11H,4-5,8-9H2,1-2H3,(H,14,15). The number of ether oxygens (including phenoxy) is 1. The van der Waals surface area contributed by atoms with Crippen LogP contribution in [0.25, 0.3) is 0 Å². The summed E-state index contributed by atoms with van der Waals surface area (Å²) in [7, 11) is 0. The molecular formula is C13H20N2OS. The maximum absolute atomic E-state index is 5.73. The maximum Gasteiger partial charge on any atom is 0.168 e. The molecule has 0 radical (unpaired) electrons. The predicted octanol–water partition coefficient (Wildman–Crippen LogP) is 3.18. The summed E-state index contributed by atoms with van der Waals surface area (Å²) < 4.78 is 5.73. The van der Waals surface area contributed by atoms with Gasteiger partial charge in [0, 0.05) is 18.0 Å². The van der Waals surface area contributed by atoms with Crippen molar-refractivity contribution < 1.29 is 4.74 Å². The molecule has 2 heterocycles. The number of anilines is 1. The summed E-state index contributed by atoms with van der Waals surface area (Å²) in [5, 5.41) is 4.13. The van der Waals surface area contributed by atoms with Crippen molar-refractivity contribution >= 4 is 17.6 Å². The molecule has 1 aromatic heterocycles.